The molecule has 36 heavy (non-hydrogen) atoms. The van der Waals surface area contributed by atoms with E-state index in [2.05, 4.69) is 35.5 Å². The lowest BCUT2D eigenvalue weighted by atomic mass is 9.99. The van der Waals surface area contributed by atoms with Gasteiger partial charge < -0.3 is 24.7 Å². The molecule has 2 rings (SSSR count). The molecule has 0 aliphatic rings. The number of amidine groups is 1. The first-order valence-electron chi connectivity index (χ1n) is 11.6. The summed E-state index contributed by atoms with van der Waals surface area (Å²) in [4.78, 5) is 0.495. The average Bonchev–Trinajstić information content (AvgIpc) is 3.38. The summed E-state index contributed by atoms with van der Waals surface area (Å²) in [5.41, 5.74) is 1.42. The van der Waals surface area contributed by atoms with Gasteiger partial charge in [0.05, 0.1) is 23.7 Å². The minimum Gasteiger partial charge on any atom is -0.572 e. The Labute approximate surface area is 221 Å². The van der Waals surface area contributed by atoms with E-state index in [1.165, 1.54) is 4.31 Å². The van der Waals surface area contributed by atoms with Crippen molar-refractivity contribution in [3.05, 3.63) is 40.8 Å². The summed E-state index contributed by atoms with van der Waals surface area (Å²) < 4.78 is 48.7. The number of nitrogens with one attached hydrogen (secondary N) is 2. The van der Waals surface area contributed by atoms with Crippen LogP contribution in [0.15, 0.2) is 37.6 Å². The Hall–Kier alpha value is -2.03. The number of thiophene rings is 1. The van der Waals surface area contributed by atoms with Crippen LogP contribution in [-0.2, 0) is 21.6 Å². The van der Waals surface area contributed by atoms with E-state index in [1.807, 2.05) is 19.9 Å². The van der Waals surface area contributed by atoms with Gasteiger partial charge in [-0.15, -0.1) is 16.5 Å². The predicted octanol–water partition coefficient (Wildman–Crippen LogP) is 4.36. The molecule has 0 aliphatic heterocycles. The molecule has 0 fully saturated rings. The number of nitrogens with zero attached hydrogens (tertiary/aromatic N) is 2. The van der Waals surface area contributed by atoms with Crippen LogP contribution in [0.25, 0.3) is 0 Å². The van der Waals surface area contributed by atoms with Gasteiger partial charge in [0.15, 0.2) is 21.5 Å². The number of anilines is 1. The van der Waals surface area contributed by atoms with Gasteiger partial charge in [-0.05, 0) is 34.8 Å². The van der Waals surface area contributed by atoms with E-state index in [0.29, 0.717) is 16.6 Å². The standard InChI is InChI=1S/C23H37N5O5S3/c1-9-28(10-2)36(31,32)23-21(29)20(16(8)34-23)26-22(27-35(24)30)15(7)25-19(14(5)6)18-11-17(12-33-18)13(3)4/h11-14,19,25,29H,7,9-10,24H2,1-6,8H3,(H,26,27)/t19-,35?/m1/s1. The lowest BCUT2D eigenvalue weighted by Crippen LogP contribution is -2.32. The highest BCUT2D eigenvalue weighted by atomic mass is 32.2. The van der Waals surface area contributed by atoms with Crippen molar-refractivity contribution in [1.82, 2.24) is 9.62 Å². The molecule has 0 bridgehead atoms. The second kappa shape index (κ2) is 12.5. The van der Waals surface area contributed by atoms with Crippen LogP contribution < -0.4 is 15.8 Å². The molecule has 202 valence electrons. The molecule has 0 saturated carbocycles. The maximum Gasteiger partial charge on any atom is 0.256 e. The van der Waals surface area contributed by atoms with Crippen molar-refractivity contribution in [3.63, 3.8) is 0 Å². The topological polar surface area (TPSA) is 156 Å². The van der Waals surface area contributed by atoms with Gasteiger partial charge in [-0.3, -0.25) is 0 Å². The molecule has 0 spiro atoms. The van der Waals surface area contributed by atoms with E-state index in [4.69, 9.17) is 9.56 Å². The molecule has 2 aromatic rings. The van der Waals surface area contributed by atoms with Gasteiger partial charge >= 0.3 is 0 Å². The van der Waals surface area contributed by atoms with Crippen molar-refractivity contribution < 1.29 is 22.5 Å². The van der Waals surface area contributed by atoms with Crippen LogP contribution in [0, 0.1) is 12.8 Å². The van der Waals surface area contributed by atoms with Gasteiger partial charge in [-0.2, -0.15) is 4.31 Å². The Morgan fingerprint density at radius 3 is 2.42 bits per heavy atom. The third-order valence-electron chi connectivity index (χ3n) is 5.63. The molecule has 0 amide bonds. The Morgan fingerprint density at radius 2 is 1.94 bits per heavy atom. The van der Waals surface area contributed by atoms with E-state index >= 15 is 0 Å². The zero-order valence-electron chi connectivity index (χ0n) is 21.8. The Kier molecular flexibility index (Phi) is 10.5. The summed E-state index contributed by atoms with van der Waals surface area (Å²) in [6.07, 6.45) is 1.71. The molecule has 10 nitrogen and oxygen atoms in total. The molecule has 0 aliphatic carbocycles. The highest BCUT2D eigenvalue weighted by Crippen LogP contribution is 2.43. The number of sulfonamides is 1. The van der Waals surface area contributed by atoms with Gasteiger partial charge in [-0.25, -0.2) is 8.42 Å². The van der Waals surface area contributed by atoms with Gasteiger partial charge in [0, 0.05) is 18.0 Å². The number of rotatable bonds is 12. The van der Waals surface area contributed by atoms with Crippen molar-refractivity contribution in [2.75, 3.05) is 18.4 Å². The van der Waals surface area contributed by atoms with Crippen LogP contribution in [0.3, 0.4) is 0 Å². The number of hydrogen-bond acceptors (Lipinski definition) is 9. The monoisotopic (exact) mass is 559 g/mol. The largest absolute Gasteiger partial charge is 0.572 e. The molecular weight excluding hydrogens is 522 g/mol. The van der Waals surface area contributed by atoms with E-state index < -0.39 is 27.3 Å². The van der Waals surface area contributed by atoms with Crippen molar-refractivity contribution in [2.24, 2.45) is 15.5 Å². The quantitative estimate of drug-likeness (QED) is 0.170. The van der Waals surface area contributed by atoms with Crippen molar-refractivity contribution in [1.29, 1.82) is 0 Å². The third kappa shape index (κ3) is 6.84. The lowest BCUT2D eigenvalue weighted by Gasteiger charge is -2.23. The van der Waals surface area contributed by atoms with Crippen molar-refractivity contribution in [3.8, 4) is 5.75 Å². The highest BCUT2D eigenvalue weighted by molar-refractivity contribution is 7.91. The SMILES string of the molecule is C=C(N[C@@H](c1cc(C(C)C)co1)C(C)C)/C(=N\[S+](N)[O-])Nc1c(C)sc(S(=O)(=O)N(CC)CC)c1O. The van der Waals surface area contributed by atoms with Crippen molar-refractivity contribution in [2.45, 2.75) is 64.6 Å². The van der Waals surface area contributed by atoms with E-state index in [0.717, 1.165) is 16.9 Å². The zero-order chi connectivity index (χ0) is 27.4. The summed E-state index contributed by atoms with van der Waals surface area (Å²) in [6, 6.07) is 1.68. The van der Waals surface area contributed by atoms with Crippen LogP contribution in [-0.4, -0.2) is 41.3 Å². The first kappa shape index (κ1) is 30.2. The first-order chi connectivity index (χ1) is 16.7. The molecule has 0 radical (unpaired) electrons. The van der Waals surface area contributed by atoms with Gasteiger partial charge in [-0.1, -0.05) is 48.1 Å². The van der Waals surface area contributed by atoms with Crippen LogP contribution in [0.1, 0.15) is 69.7 Å². The normalized spacial score (nSPS) is 14.5. The summed E-state index contributed by atoms with van der Waals surface area (Å²) in [6.45, 7) is 17.8. The highest BCUT2D eigenvalue weighted by Gasteiger charge is 2.31. The number of furan rings is 1. The van der Waals surface area contributed by atoms with Crippen LogP contribution in [0.2, 0.25) is 0 Å². The lowest BCUT2D eigenvalue weighted by molar-refractivity contribution is 0.365. The summed E-state index contributed by atoms with van der Waals surface area (Å²) in [7, 11) is -3.90. The number of aromatic hydroxyl groups is 1. The number of nitrogens with two attached hydrogens (primary N) is 1. The maximum atomic E-state index is 13.0. The van der Waals surface area contributed by atoms with E-state index in [-0.39, 0.29) is 46.5 Å². The maximum absolute atomic E-state index is 13.0. The van der Waals surface area contributed by atoms with Crippen LogP contribution in [0.4, 0.5) is 5.69 Å². The zero-order valence-corrected chi connectivity index (χ0v) is 24.2. The van der Waals surface area contributed by atoms with Crippen LogP contribution >= 0.6 is 11.3 Å². The van der Waals surface area contributed by atoms with Gasteiger partial charge in [0.2, 0.25) is 5.84 Å². The van der Waals surface area contributed by atoms with Gasteiger partial charge in [0.1, 0.15) is 5.76 Å². The van der Waals surface area contributed by atoms with Crippen molar-refractivity contribution >= 4 is 44.4 Å². The summed E-state index contributed by atoms with van der Waals surface area (Å²) >= 11 is -1.17. The summed E-state index contributed by atoms with van der Waals surface area (Å²) in [5.74, 6) is 0.633. The minimum atomic E-state index is -3.90. The van der Waals surface area contributed by atoms with E-state index in [1.54, 1.807) is 27.0 Å². The fraction of sp³-hybridized carbons (Fsp3) is 0.522. The molecule has 2 aromatic heterocycles. The Balaban J connectivity index is 2.41. The number of hydrogen-bond donors (Lipinski definition) is 4. The first-order valence-corrected chi connectivity index (χ1v) is 15.1. The van der Waals surface area contributed by atoms with E-state index in [9.17, 15) is 18.1 Å². The Bertz CT molecular complexity index is 1180. The summed E-state index contributed by atoms with van der Waals surface area (Å²) in [5, 5.41) is 22.5. The molecular formula is C23H37N5O5S3. The third-order valence-corrected chi connectivity index (χ3v) is 9.62. The smallest absolute Gasteiger partial charge is 0.256 e. The minimum absolute atomic E-state index is 0.000102. The molecule has 1 unspecified atom stereocenters. The molecule has 2 heterocycles. The fourth-order valence-electron chi connectivity index (χ4n) is 3.53. The molecule has 2 atom stereocenters. The molecule has 13 heteroatoms. The fourth-order valence-corrected chi connectivity index (χ4v) is 6.96. The molecule has 0 aromatic carbocycles. The molecule has 5 N–H and O–H groups in total. The predicted molar refractivity (Wildman–Crippen MR) is 147 cm³/mol. The second-order valence-electron chi connectivity index (χ2n) is 8.88. The molecule has 0 saturated heterocycles. The van der Waals surface area contributed by atoms with Gasteiger partial charge in [0.25, 0.3) is 10.0 Å². The average molecular weight is 560 g/mol. The Morgan fingerprint density at radius 1 is 1.33 bits per heavy atom. The van der Waals surface area contributed by atoms with Crippen LogP contribution in [0.5, 0.6) is 5.75 Å². The number of aryl methyl sites for hydroxylation is 1. The second-order valence-corrected chi connectivity index (χ2v) is 13.0.